The molecule has 0 unspecified atom stereocenters. The van der Waals surface area contributed by atoms with Crippen LogP contribution < -0.4 is 21.3 Å². The summed E-state index contributed by atoms with van der Waals surface area (Å²) in [6, 6.07) is 5.46. The van der Waals surface area contributed by atoms with Gasteiger partial charge >= 0.3 is 0 Å². The summed E-state index contributed by atoms with van der Waals surface area (Å²) >= 11 is 0. The fourth-order valence-electron chi connectivity index (χ4n) is 1.78. The third-order valence-electron chi connectivity index (χ3n) is 2.73. The second kappa shape index (κ2) is 5.50. The highest BCUT2D eigenvalue weighted by atomic mass is 16.5. The van der Waals surface area contributed by atoms with Crippen molar-refractivity contribution >= 4 is 17.5 Å². The number of ether oxygens (including phenoxy) is 1. The van der Waals surface area contributed by atoms with Gasteiger partial charge in [0.25, 0.3) is 0 Å². The average Bonchev–Trinajstić information content (AvgIpc) is 2.38. The molecule has 4 N–H and O–H groups in total. The molecule has 0 atom stereocenters. The van der Waals surface area contributed by atoms with E-state index in [0.29, 0.717) is 18.6 Å². The number of hydrazine groups is 1. The molecule has 1 aromatic carbocycles. The van der Waals surface area contributed by atoms with Crippen LogP contribution in [-0.2, 0) is 16.0 Å². The molecule has 1 aromatic rings. The highest BCUT2D eigenvalue weighted by molar-refractivity contribution is 5.94. The molecule has 6 nitrogen and oxygen atoms in total. The monoisotopic (exact) mass is 249 g/mol. The van der Waals surface area contributed by atoms with Crippen LogP contribution in [0.3, 0.4) is 0 Å². The normalized spacial score (nSPS) is 13.5. The minimum Gasteiger partial charge on any atom is -0.493 e. The second-order valence-corrected chi connectivity index (χ2v) is 4.03. The second-order valence-electron chi connectivity index (χ2n) is 4.03. The van der Waals surface area contributed by atoms with E-state index in [-0.39, 0.29) is 24.8 Å². The van der Waals surface area contributed by atoms with Gasteiger partial charge in [-0.15, -0.1) is 0 Å². The summed E-state index contributed by atoms with van der Waals surface area (Å²) in [6.07, 6.45) is 1.41. The molecule has 1 aliphatic heterocycles. The van der Waals surface area contributed by atoms with Gasteiger partial charge in [-0.2, -0.15) is 0 Å². The Balaban J connectivity index is 1.95. The minimum atomic E-state index is -0.264. The van der Waals surface area contributed by atoms with Crippen LogP contribution >= 0.6 is 0 Å². The number of nitrogens with two attached hydrogens (primary N) is 1. The molecule has 1 heterocycles. The first-order chi connectivity index (χ1) is 8.69. The number of hydrogen-bond acceptors (Lipinski definition) is 4. The third-order valence-corrected chi connectivity index (χ3v) is 2.73. The average molecular weight is 249 g/mol. The first kappa shape index (κ1) is 12.4. The van der Waals surface area contributed by atoms with Gasteiger partial charge in [0.2, 0.25) is 11.8 Å². The smallest absolute Gasteiger partial charge is 0.237 e. The van der Waals surface area contributed by atoms with Crippen molar-refractivity contribution in [1.82, 2.24) is 5.43 Å². The van der Waals surface area contributed by atoms with Gasteiger partial charge in [-0.05, 0) is 30.2 Å². The molecule has 18 heavy (non-hydrogen) atoms. The summed E-state index contributed by atoms with van der Waals surface area (Å²) in [5, 5.41) is 2.80. The lowest BCUT2D eigenvalue weighted by Gasteiger charge is -2.17. The predicted molar refractivity (Wildman–Crippen MR) is 65.8 cm³/mol. The molecule has 96 valence electrons. The van der Waals surface area contributed by atoms with Gasteiger partial charge in [-0.25, -0.2) is 5.84 Å². The Labute approximate surface area is 104 Å². The minimum absolute atomic E-state index is 0.0378. The number of fused-ring (bicyclic) bond motifs is 1. The molecule has 2 amide bonds. The Bertz CT molecular complexity index is 474. The number of carbonyl (C=O) groups is 2. The Kier molecular flexibility index (Phi) is 3.78. The predicted octanol–water partition coefficient (Wildman–Crippen LogP) is 0.330. The molecule has 1 aliphatic rings. The van der Waals surface area contributed by atoms with Crippen LogP contribution in [-0.4, -0.2) is 18.4 Å². The van der Waals surface area contributed by atoms with E-state index in [1.54, 1.807) is 6.07 Å². The molecule has 0 bridgehead atoms. The van der Waals surface area contributed by atoms with Gasteiger partial charge in [0.15, 0.2) is 0 Å². The van der Waals surface area contributed by atoms with Crippen molar-refractivity contribution in [2.24, 2.45) is 5.84 Å². The molecule has 0 saturated carbocycles. The van der Waals surface area contributed by atoms with E-state index >= 15 is 0 Å². The van der Waals surface area contributed by atoms with Crippen LogP contribution in [0, 0.1) is 0 Å². The van der Waals surface area contributed by atoms with E-state index in [1.807, 2.05) is 17.6 Å². The lowest BCUT2D eigenvalue weighted by atomic mass is 10.0. The molecule has 6 heteroatoms. The Morgan fingerprint density at radius 2 is 2.28 bits per heavy atom. The van der Waals surface area contributed by atoms with E-state index < -0.39 is 0 Å². The summed E-state index contributed by atoms with van der Waals surface area (Å²) in [6.45, 7) is 0.272. The number of amides is 2. The maximum Gasteiger partial charge on any atom is 0.237 e. The maximum atomic E-state index is 11.2. The molecule has 0 radical (unpaired) electrons. The van der Waals surface area contributed by atoms with E-state index in [0.717, 1.165) is 11.3 Å². The summed E-state index contributed by atoms with van der Waals surface area (Å²) in [5.74, 6) is 5.42. The summed E-state index contributed by atoms with van der Waals surface area (Å²) in [7, 11) is 0. The Morgan fingerprint density at radius 3 is 3.06 bits per heavy atom. The fraction of sp³-hybridized carbons (Fsp3) is 0.333. The molecule has 0 aliphatic carbocycles. The summed E-state index contributed by atoms with van der Waals surface area (Å²) in [5.41, 5.74) is 3.92. The van der Waals surface area contributed by atoms with Crippen molar-refractivity contribution in [1.29, 1.82) is 0 Å². The van der Waals surface area contributed by atoms with Crippen molar-refractivity contribution in [2.75, 3.05) is 11.9 Å². The largest absolute Gasteiger partial charge is 0.493 e. The van der Waals surface area contributed by atoms with E-state index in [9.17, 15) is 9.59 Å². The highest BCUT2D eigenvalue weighted by Crippen LogP contribution is 2.26. The lowest BCUT2D eigenvalue weighted by molar-refractivity contribution is -0.121. The quantitative estimate of drug-likeness (QED) is 0.407. The van der Waals surface area contributed by atoms with Crippen LogP contribution in [0.5, 0.6) is 5.75 Å². The van der Waals surface area contributed by atoms with Crippen LogP contribution in [0.2, 0.25) is 0 Å². The van der Waals surface area contributed by atoms with Crippen molar-refractivity contribution in [3.05, 3.63) is 23.8 Å². The van der Waals surface area contributed by atoms with Crippen LogP contribution in [0.25, 0.3) is 0 Å². The SMILES string of the molecule is NNC(=O)CCOc1ccc2c(c1)CCC(=O)N2. The molecule has 0 spiro atoms. The zero-order valence-electron chi connectivity index (χ0n) is 9.86. The molecular formula is C12H15N3O3. The molecule has 0 aromatic heterocycles. The number of nitrogens with one attached hydrogen (secondary N) is 2. The Morgan fingerprint density at radius 1 is 1.44 bits per heavy atom. The standard InChI is InChI=1S/C12H15N3O3/c13-15-12(17)5-6-18-9-2-3-10-8(7-9)1-4-11(16)14-10/h2-3,7H,1,4-6,13H2,(H,14,16)(H,15,17). The topological polar surface area (TPSA) is 93.4 Å². The molecular weight excluding hydrogens is 234 g/mol. The third kappa shape index (κ3) is 2.98. The number of rotatable bonds is 4. The van der Waals surface area contributed by atoms with Crippen LogP contribution in [0.15, 0.2) is 18.2 Å². The van der Waals surface area contributed by atoms with Crippen molar-refractivity contribution in [3.8, 4) is 5.75 Å². The molecule has 0 saturated heterocycles. The van der Waals surface area contributed by atoms with E-state index in [4.69, 9.17) is 10.6 Å². The zero-order chi connectivity index (χ0) is 13.0. The molecule has 0 fully saturated rings. The summed E-state index contributed by atoms with van der Waals surface area (Å²) < 4.78 is 5.44. The first-order valence-corrected chi connectivity index (χ1v) is 5.74. The maximum absolute atomic E-state index is 11.2. The van der Waals surface area contributed by atoms with E-state index in [2.05, 4.69) is 5.32 Å². The zero-order valence-corrected chi connectivity index (χ0v) is 9.86. The van der Waals surface area contributed by atoms with Crippen molar-refractivity contribution in [2.45, 2.75) is 19.3 Å². The van der Waals surface area contributed by atoms with Gasteiger partial charge in [-0.1, -0.05) is 0 Å². The van der Waals surface area contributed by atoms with Gasteiger partial charge < -0.3 is 10.1 Å². The van der Waals surface area contributed by atoms with E-state index in [1.165, 1.54) is 0 Å². The number of hydrogen-bond donors (Lipinski definition) is 3. The lowest BCUT2D eigenvalue weighted by Crippen LogP contribution is -2.31. The summed E-state index contributed by atoms with van der Waals surface area (Å²) in [4.78, 5) is 22.1. The fourth-order valence-corrected chi connectivity index (χ4v) is 1.78. The van der Waals surface area contributed by atoms with Gasteiger partial charge in [-0.3, -0.25) is 15.0 Å². The van der Waals surface area contributed by atoms with Crippen LogP contribution in [0.1, 0.15) is 18.4 Å². The highest BCUT2D eigenvalue weighted by Gasteiger charge is 2.14. The Hall–Kier alpha value is -2.08. The number of aryl methyl sites for hydroxylation is 1. The van der Waals surface area contributed by atoms with Crippen molar-refractivity contribution < 1.29 is 14.3 Å². The first-order valence-electron chi connectivity index (χ1n) is 5.74. The number of benzene rings is 1. The van der Waals surface area contributed by atoms with Crippen LogP contribution in [0.4, 0.5) is 5.69 Å². The molecule has 2 rings (SSSR count). The van der Waals surface area contributed by atoms with Crippen molar-refractivity contribution in [3.63, 3.8) is 0 Å². The van der Waals surface area contributed by atoms with Gasteiger partial charge in [0, 0.05) is 12.1 Å². The van der Waals surface area contributed by atoms with Gasteiger partial charge in [0.05, 0.1) is 13.0 Å². The number of carbonyl (C=O) groups excluding carboxylic acids is 2. The van der Waals surface area contributed by atoms with Gasteiger partial charge in [0.1, 0.15) is 5.75 Å². The number of anilines is 1.